The van der Waals surface area contributed by atoms with E-state index in [1.165, 1.54) is 5.56 Å². The molecule has 0 saturated heterocycles. The first kappa shape index (κ1) is 18.3. The summed E-state index contributed by atoms with van der Waals surface area (Å²) in [5, 5.41) is 4.03. The Kier molecular flexibility index (Phi) is 7.11. The third-order valence-electron chi connectivity index (χ3n) is 3.59. The minimum Gasteiger partial charge on any atom is -0.481 e. The molecule has 0 atom stereocenters. The van der Waals surface area contributed by atoms with Gasteiger partial charge in [-0.25, -0.2) is 0 Å². The number of hydrogen-bond acceptors (Lipinski definition) is 2. The molecule has 4 heteroatoms. The maximum atomic E-state index is 5.88. The van der Waals surface area contributed by atoms with Crippen LogP contribution in [-0.2, 0) is 13.0 Å². The molecule has 0 bridgehead atoms. The molecule has 2 rings (SSSR count). The molecular weight excluding hydrogens is 338 g/mol. The molecule has 0 amide bonds. The summed E-state index contributed by atoms with van der Waals surface area (Å²) < 4.78 is 5.48. The molecule has 0 aliphatic rings. The number of ether oxygens (including phenoxy) is 1. The Hall–Kier alpha value is -2.02. The van der Waals surface area contributed by atoms with E-state index in [-0.39, 0.29) is 0 Å². The Morgan fingerprint density at radius 2 is 1.92 bits per heavy atom. The highest BCUT2D eigenvalue weighted by molar-refractivity contribution is 7.80. The van der Waals surface area contributed by atoms with Gasteiger partial charge in [-0.2, -0.15) is 0 Å². The van der Waals surface area contributed by atoms with Crippen LogP contribution in [0.1, 0.15) is 23.1 Å². The second-order valence-electron chi connectivity index (χ2n) is 5.50. The zero-order valence-corrected chi connectivity index (χ0v) is 15.2. The molecule has 0 aliphatic carbocycles. The fraction of sp³-hybridized carbons (Fsp3) is 0.250. The van der Waals surface area contributed by atoms with Crippen molar-refractivity contribution in [2.45, 2.75) is 26.3 Å². The van der Waals surface area contributed by atoms with Crippen molar-refractivity contribution in [1.82, 2.24) is 5.32 Å². The maximum absolute atomic E-state index is 5.88. The summed E-state index contributed by atoms with van der Waals surface area (Å²) >= 11 is 11.3. The van der Waals surface area contributed by atoms with Gasteiger partial charge in [0.25, 0.3) is 0 Å². The zero-order chi connectivity index (χ0) is 17.4. The Morgan fingerprint density at radius 3 is 2.58 bits per heavy atom. The Bertz CT molecular complexity index is 734. The lowest BCUT2D eigenvalue weighted by molar-refractivity contribution is 0.367. The molecule has 2 aromatic rings. The van der Waals surface area contributed by atoms with Gasteiger partial charge in [0, 0.05) is 18.0 Å². The van der Waals surface area contributed by atoms with Gasteiger partial charge in [0.2, 0.25) is 0 Å². The molecule has 0 saturated carbocycles. The molecule has 0 radical (unpaired) electrons. The van der Waals surface area contributed by atoms with E-state index < -0.39 is 0 Å². The van der Waals surface area contributed by atoms with Crippen molar-refractivity contribution in [2.75, 3.05) is 6.61 Å². The first-order valence-corrected chi connectivity index (χ1v) is 8.54. The molecule has 0 heterocycles. The molecule has 124 valence electrons. The van der Waals surface area contributed by atoms with Gasteiger partial charge in [0.05, 0.1) is 4.99 Å². The minimum absolute atomic E-state index is 0.291. The number of halogens is 1. The van der Waals surface area contributed by atoms with Gasteiger partial charge in [-0.05, 0) is 48.2 Å². The molecule has 2 aromatic carbocycles. The molecule has 2 nitrogen and oxygen atoms in total. The SMILES string of the molecule is C#CCOc1ccc(CCC(=S)NCc2ccc(Cl)cc2)cc1C. The van der Waals surface area contributed by atoms with Crippen LogP contribution in [0.5, 0.6) is 5.75 Å². The van der Waals surface area contributed by atoms with Crippen LogP contribution in [-0.4, -0.2) is 11.6 Å². The Labute approximate surface area is 154 Å². The third kappa shape index (κ3) is 5.88. The number of hydrogen-bond donors (Lipinski definition) is 1. The molecule has 0 unspecified atom stereocenters. The van der Waals surface area contributed by atoms with E-state index in [9.17, 15) is 0 Å². The Morgan fingerprint density at radius 1 is 1.21 bits per heavy atom. The van der Waals surface area contributed by atoms with E-state index in [4.69, 9.17) is 35.0 Å². The summed E-state index contributed by atoms with van der Waals surface area (Å²) in [5.41, 5.74) is 3.48. The predicted molar refractivity (Wildman–Crippen MR) is 105 cm³/mol. The number of benzene rings is 2. The second kappa shape index (κ2) is 9.32. The molecule has 24 heavy (non-hydrogen) atoms. The predicted octanol–water partition coefficient (Wildman–Crippen LogP) is 4.71. The normalized spacial score (nSPS) is 10.0. The maximum Gasteiger partial charge on any atom is 0.148 e. The smallest absolute Gasteiger partial charge is 0.148 e. The molecule has 0 aliphatic heterocycles. The minimum atomic E-state index is 0.291. The van der Waals surface area contributed by atoms with Gasteiger partial charge in [0.15, 0.2) is 0 Å². The van der Waals surface area contributed by atoms with E-state index in [1.807, 2.05) is 37.3 Å². The lowest BCUT2D eigenvalue weighted by Gasteiger charge is -2.10. The van der Waals surface area contributed by atoms with Gasteiger partial charge < -0.3 is 10.1 Å². The summed E-state index contributed by atoms with van der Waals surface area (Å²) in [6.45, 7) is 3.03. The van der Waals surface area contributed by atoms with E-state index >= 15 is 0 Å². The molecular formula is C20H20ClNOS. The summed E-state index contributed by atoms with van der Waals surface area (Å²) in [5.74, 6) is 3.31. The average Bonchev–Trinajstić information content (AvgIpc) is 2.58. The molecule has 0 fully saturated rings. The summed E-state index contributed by atoms with van der Waals surface area (Å²) in [4.78, 5) is 0.857. The van der Waals surface area contributed by atoms with Crippen molar-refractivity contribution in [2.24, 2.45) is 0 Å². The van der Waals surface area contributed by atoms with Gasteiger partial charge in [-0.1, -0.05) is 54.0 Å². The number of rotatable bonds is 7. The first-order chi connectivity index (χ1) is 11.6. The highest BCUT2D eigenvalue weighted by Gasteiger charge is 2.03. The van der Waals surface area contributed by atoms with Crippen molar-refractivity contribution in [1.29, 1.82) is 0 Å². The van der Waals surface area contributed by atoms with Gasteiger partial charge in [0.1, 0.15) is 12.4 Å². The largest absolute Gasteiger partial charge is 0.481 e. The van der Waals surface area contributed by atoms with Gasteiger partial charge in [-0.15, -0.1) is 6.42 Å². The summed E-state index contributed by atoms with van der Waals surface area (Å²) in [6, 6.07) is 13.9. The van der Waals surface area contributed by atoms with Crippen LogP contribution in [0, 0.1) is 19.3 Å². The van der Waals surface area contributed by atoms with Crippen molar-refractivity contribution in [3.63, 3.8) is 0 Å². The zero-order valence-electron chi connectivity index (χ0n) is 13.6. The summed E-state index contributed by atoms with van der Waals surface area (Å²) in [6.07, 6.45) is 6.92. The van der Waals surface area contributed by atoms with Crippen molar-refractivity contribution in [3.05, 3.63) is 64.2 Å². The van der Waals surface area contributed by atoms with E-state index in [0.29, 0.717) is 13.2 Å². The van der Waals surface area contributed by atoms with Crippen LogP contribution in [0.3, 0.4) is 0 Å². The number of thiocarbonyl (C=S) groups is 1. The van der Waals surface area contributed by atoms with Gasteiger partial charge in [-0.3, -0.25) is 0 Å². The fourth-order valence-corrected chi connectivity index (χ4v) is 2.60. The number of aryl methyl sites for hydroxylation is 2. The quantitative estimate of drug-likeness (QED) is 0.572. The van der Waals surface area contributed by atoms with Crippen molar-refractivity contribution >= 4 is 28.8 Å². The van der Waals surface area contributed by atoms with Crippen molar-refractivity contribution in [3.8, 4) is 18.1 Å². The standard InChI is InChI=1S/C20H20ClNOS/c1-3-12-23-19-10-6-16(13-15(19)2)7-11-20(24)22-14-17-4-8-18(21)9-5-17/h1,4-6,8-10,13H,7,11-12,14H2,2H3,(H,22,24). The Balaban J connectivity index is 1.80. The highest BCUT2D eigenvalue weighted by atomic mass is 35.5. The van der Waals surface area contributed by atoms with Crippen molar-refractivity contribution < 1.29 is 4.74 Å². The fourth-order valence-electron chi connectivity index (χ4n) is 2.30. The monoisotopic (exact) mass is 357 g/mol. The van der Waals surface area contributed by atoms with Gasteiger partial charge >= 0.3 is 0 Å². The van der Waals surface area contributed by atoms with Crippen LogP contribution < -0.4 is 10.1 Å². The molecule has 0 spiro atoms. The topological polar surface area (TPSA) is 21.3 Å². The average molecular weight is 358 g/mol. The summed E-state index contributed by atoms with van der Waals surface area (Å²) in [7, 11) is 0. The van der Waals surface area contributed by atoms with Crippen LogP contribution in [0.4, 0.5) is 0 Å². The van der Waals surface area contributed by atoms with E-state index in [2.05, 4.69) is 23.4 Å². The van der Waals surface area contributed by atoms with Crippen LogP contribution in [0.15, 0.2) is 42.5 Å². The van der Waals surface area contributed by atoms with Crippen LogP contribution >= 0.6 is 23.8 Å². The van der Waals surface area contributed by atoms with E-state index in [0.717, 1.165) is 39.7 Å². The lowest BCUT2D eigenvalue weighted by Crippen LogP contribution is -2.21. The highest BCUT2D eigenvalue weighted by Crippen LogP contribution is 2.20. The lowest BCUT2D eigenvalue weighted by atomic mass is 10.1. The van der Waals surface area contributed by atoms with Crippen LogP contribution in [0.25, 0.3) is 0 Å². The molecule has 0 aromatic heterocycles. The van der Waals surface area contributed by atoms with Crippen LogP contribution in [0.2, 0.25) is 5.02 Å². The van der Waals surface area contributed by atoms with E-state index in [1.54, 1.807) is 0 Å². The third-order valence-corrected chi connectivity index (χ3v) is 4.19. The second-order valence-corrected chi connectivity index (χ2v) is 6.43. The number of nitrogens with one attached hydrogen (secondary N) is 1. The number of terminal acetylenes is 1. The molecule has 1 N–H and O–H groups in total. The first-order valence-electron chi connectivity index (χ1n) is 7.75.